The largest absolute Gasteiger partial charge is 0.543 e. The summed E-state index contributed by atoms with van der Waals surface area (Å²) in [6, 6.07) is 11.5. The molecule has 1 aliphatic rings. The van der Waals surface area contributed by atoms with Gasteiger partial charge in [-0.05, 0) is 49.2 Å². The molecule has 0 bridgehead atoms. The van der Waals surface area contributed by atoms with Gasteiger partial charge in [0.15, 0.2) is 0 Å². The molecule has 1 N–H and O–H groups in total. The summed E-state index contributed by atoms with van der Waals surface area (Å²) in [7, 11) is -0.266. The lowest BCUT2D eigenvalue weighted by Crippen LogP contribution is -2.44. The van der Waals surface area contributed by atoms with E-state index in [1.54, 1.807) is 0 Å². The molecule has 2 atom stereocenters. The number of ether oxygens (including phenoxy) is 1. The maximum Gasteiger partial charge on any atom is 0.316 e. The molecule has 2 aromatic rings. The van der Waals surface area contributed by atoms with E-state index in [2.05, 4.69) is 33.9 Å². The van der Waals surface area contributed by atoms with E-state index in [0.29, 0.717) is 18.0 Å². The van der Waals surface area contributed by atoms with Crippen molar-refractivity contribution in [3.05, 3.63) is 53.1 Å². The van der Waals surface area contributed by atoms with Crippen molar-refractivity contribution in [1.29, 1.82) is 0 Å². The minimum Gasteiger partial charge on any atom is -0.543 e. The summed E-state index contributed by atoms with van der Waals surface area (Å²) in [5, 5.41) is 11.0. The van der Waals surface area contributed by atoms with Crippen molar-refractivity contribution in [3.8, 4) is 11.5 Å². The Morgan fingerprint density at radius 1 is 1.19 bits per heavy atom. The Hall–Kier alpha value is -2.47. The van der Waals surface area contributed by atoms with Gasteiger partial charge in [-0.15, -0.1) is 0 Å². The molecule has 0 aromatic heterocycles. The number of aryl methyl sites for hydroxylation is 1. The van der Waals surface area contributed by atoms with Gasteiger partial charge in [0, 0.05) is 12.6 Å². The van der Waals surface area contributed by atoms with Gasteiger partial charge < -0.3 is 19.2 Å². The van der Waals surface area contributed by atoms with E-state index in [4.69, 9.17) is 9.16 Å². The first-order valence-electron chi connectivity index (χ1n) is 10.9. The first-order valence-corrected chi connectivity index (χ1v) is 13.8. The lowest BCUT2D eigenvalue weighted by atomic mass is 9.89. The van der Waals surface area contributed by atoms with Gasteiger partial charge in [0.25, 0.3) is 0 Å². The Morgan fingerprint density at radius 3 is 2.35 bits per heavy atom. The number of hydrogen-bond donors (Lipinski definition) is 1. The van der Waals surface area contributed by atoms with Crippen LogP contribution in [0.1, 0.15) is 56.3 Å². The molecule has 0 saturated heterocycles. The molecule has 2 unspecified atom stereocenters. The van der Waals surface area contributed by atoms with Crippen LogP contribution in [0.2, 0.25) is 18.1 Å². The minimum absolute atomic E-state index is 0.00552. The second-order valence-corrected chi connectivity index (χ2v) is 14.6. The molecule has 0 saturated carbocycles. The van der Waals surface area contributed by atoms with E-state index in [1.165, 1.54) is 0 Å². The number of likely N-dealkylation sites (N-methyl/N-ethyl adjacent to an activating group) is 1. The molecule has 0 radical (unpaired) electrons. The second-order valence-electron chi connectivity index (χ2n) is 9.86. The number of benzene rings is 2. The summed E-state index contributed by atoms with van der Waals surface area (Å²) in [5.74, 6) is -0.0213. The fourth-order valence-corrected chi connectivity index (χ4v) is 5.03. The number of anilines is 1. The molecule has 0 amide bonds. The average Bonchev–Trinajstić information content (AvgIpc) is 2.99. The first-order chi connectivity index (χ1) is 14.4. The highest BCUT2D eigenvalue weighted by Crippen LogP contribution is 2.57. The van der Waals surface area contributed by atoms with Crippen molar-refractivity contribution < 1.29 is 19.1 Å². The Labute approximate surface area is 187 Å². The van der Waals surface area contributed by atoms with Gasteiger partial charge in [0.1, 0.15) is 17.4 Å². The molecule has 1 aliphatic heterocycles. The molecule has 5 nitrogen and oxygen atoms in total. The van der Waals surface area contributed by atoms with Gasteiger partial charge in [0.2, 0.25) is 8.32 Å². The lowest BCUT2D eigenvalue weighted by molar-refractivity contribution is -0.145. The third-order valence-electron chi connectivity index (χ3n) is 6.72. The number of carbonyl (C=O) groups is 1. The monoisotopic (exact) mass is 441 g/mol. The van der Waals surface area contributed by atoms with Crippen LogP contribution in [0.4, 0.5) is 5.69 Å². The summed E-state index contributed by atoms with van der Waals surface area (Å²) in [4.78, 5) is 15.3. The molecule has 0 aliphatic carbocycles. The highest BCUT2D eigenvalue weighted by molar-refractivity contribution is 6.74. The van der Waals surface area contributed by atoms with Crippen LogP contribution in [0, 0.1) is 6.92 Å². The Kier molecular flexibility index (Phi) is 6.15. The van der Waals surface area contributed by atoms with Gasteiger partial charge in [-0.2, -0.15) is 0 Å². The predicted octanol–water partition coefficient (Wildman–Crippen LogP) is 5.92. The van der Waals surface area contributed by atoms with Crippen LogP contribution in [0.5, 0.6) is 11.5 Å². The number of carbonyl (C=O) groups excluding carboxylic acids is 1. The van der Waals surface area contributed by atoms with E-state index in [0.717, 1.165) is 16.7 Å². The SMILES string of the molecule is CCOC(=O)C1c2c(O[Si](C)(C)C(C)(C)C)cc(C)c(O)c2N(C)C1c1ccccc1. The normalized spacial score (nSPS) is 18.6. The molecule has 3 rings (SSSR count). The number of phenols is 1. The number of esters is 1. The lowest BCUT2D eigenvalue weighted by Gasteiger charge is -2.37. The molecule has 0 fully saturated rings. The molecular weight excluding hydrogens is 406 g/mol. The van der Waals surface area contributed by atoms with E-state index < -0.39 is 14.2 Å². The number of phenolic OH excluding ortho intramolecular Hbond substituents is 1. The van der Waals surface area contributed by atoms with Crippen LogP contribution < -0.4 is 9.33 Å². The summed E-state index contributed by atoms with van der Waals surface area (Å²) >= 11 is 0. The number of aromatic hydroxyl groups is 1. The zero-order valence-corrected chi connectivity index (χ0v) is 20.9. The van der Waals surface area contributed by atoms with Crippen molar-refractivity contribution >= 4 is 20.0 Å². The fraction of sp³-hybridized carbons (Fsp3) is 0.480. The molecule has 6 heteroatoms. The van der Waals surface area contributed by atoms with Crippen molar-refractivity contribution in [2.75, 3.05) is 18.6 Å². The third kappa shape index (κ3) is 4.05. The Bertz CT molecular complexity index is 966. The van der Waals surface area contributed by atoms with E-state index in [-0.39, 0.29) is 22.8 Å². The van der Waals surface area contributed by atoms with Gasteiger partial charge >= 0.3 is 5.97 Å². The van der Waals surface area contributed by atoms with Gasteiger partial charge in [-0.1, -0.05) is 51.1 Å². The highest BCUT2D eigenvalue weighted by atomic mass is 28.4. The standard InChI is InChI=1S/C25H35NO4Si/c1-9-29-24(28)20-19-18(30-31(7,8)25(3,4)5)15-16(2)23(27)22(19)26(6)21(20)17-13-11-10-12-14-17/h10-15,20-21,27H,9H2,1-8H3. The number of fused-ring (bicyclic) bond motifs is 1. The maximum absolute atomic E-state index is 13.3. The predicted molar refractivity (Wildman–Crippen MR) is 128 cm³/mol. The Morgan fingerprint density at radius 2 is 1.81 bits per heavy atom. The van der Waals surface area contributed by atoms with E-state index in [1.807, 2.05) is 62.2 Å². The van der Waals surface area contributed by atoms with E-state index >= 15 is 0 Å². The van der Waals surface area contributed by atoms with Crippen LogP contribution in [-0.4, -0.2) is 33.0 Å². The maximum atomic E-state index is 13.3. The van der Waals surface area contributed by atoms with Crippen LogP contribution in [0.25, 0.3) is 0 Å². The second kappa shape index (κ2) is 8.23. The summed E-state index contributed by atoms with van der Waals surface area (Å²) in [6.07, 6.45) is 0. The number of rotatable bonds is 5. The van der Waals surface area contributed by atoms with Crippen LogP contribution in [-0.2, 0) is 9.53 Å². The van der Waals surface area contributed by atoms with E-state index in [9.17, 15) is 9.90 Å². The third-order valence-corrected chi connectivity index (χ3v) is 11.1. The molecule has 2 aromatic carbocycles. The molecule has 31 heavy (non-hydrogen) atoms. The fourth-order valence-electron chi connectivity index (χ4n) is 4.01. The molecule has 0 spiro atoms. The topological polar surface area (TPSA) is 59.0 Å². The van der Waals surface area contributed by atoms with Crippen LogP contribution >= 0.6 is 0 Å². The van der Waals surface area contributed by atoms with Crippen molar-refractivity contribution in [2.24, 2.45) is 0 Å². The molecular formula is C25H35NO4Si. The summed E-state index contributed by atoms with van der Waals surface area (Å²) < 4.78 is 12.2. The van der Waals surface area contributed by atoms with Crippen molar-refractivity contribution in [1.82, 2.24) is 0 Å². The van der Waals surface area contributed by atoms with Gasteiger partial charge in [-0.3, -0.25) is 4.79 Å². The number of nitrogens with zero attached hydrogens (tertiary/aromatic N) is 1. The molecule has 168 valence electrons. The van der Waals surface area contributed by atoms with Gasteiger partial charge in [0.05, 0.1) is 18.3 Å². The van der Waals surface area contributed by atoms with Crippen LogP contribution in [0.3, 0.4) is 0 Å². The van der Waals surface area contributed by atoms with Crippen molar-refractivity contribution in [3.63, 3.8) is 0 Å². The van der Waals surface area contributed by atoms with Gasteiger partial charge in [-0.25, -0.2) is 0 Å². The highest BCUT2D eigenvalue weighted by Gasteiger charge is 2.48. The van der Waals surface area contributed by atoms with Crippen molar-refractivity contribution in [2.45, 2.75) is 64.7 Å². The minimum atomic E-state index is -2.19. The Balaban J connectivity index is 2.25. The van der Waals surface area contributed by atoms with Crippen LogP contribution in [0.15, 0.2) is 36.4 Å². The smallest absolute Gasteiger partial charge is 0.316 e. The average molecular weight is 442 g/mol. The zero-order chi connectivity index (χ0) is 23.1. The number of hydrogen-bond acceptors (Lipinski definition) is 5. The summed E-state index contributed by atoms with van der Waals surface area (Å²) in [6.45, 7) is 14.9. The molecule has 1 heterocycles. The first kappa shape index (κ1) is 23.2. The quantitative estimate of drug-likeness (QED) is 0.461. The zero-order valence-electron chi connectivity index (χ0n) is 19.9. The summed E-state index contributed by atoms with van der Waals surface area (Å²) in [5.41, 5.74) is 3.11.